The van der Waals surface area contributed by atoms with Gasteiger partial charge in [-0.3, -0.25) is 0 Å². The maximum atomic E-state index is 5.72. The molecule has 0 aliphatic carbocycles. The molecule has 0 spiro atoms. The summed E-state index contributed by atoms with van der Waals surface area (Å²) in [5.74, 6) is 2.12. The zero-order valence-corrected chi connectivity index (χ0v) is 11.4. The Morgan fingerprint density at radius 3 is 2.59 bits per heavy atom. The zero-order valence-electron chi connectivity index (χ0n) is 11.4. The maximum absolute atomic E-state index is 5.72. The summed E-state index contributed by atoms with van der Waals surface area (Å²) in [6.07, 6.45) is 0.224. The molecule has 0 aromatic carbocycles. The van der Waals surface area contributed by atoms with Crippen LogP contribution in [-0.2, 0) is 11.3 Å². The van der Waals surface area contributed by atoms with Crippen LogP contribution in [0, 0.1) is 12.8 Å². The van der Waals surface area contributed by atoms with Gasteiger partial charge >= 0.3 is 0 Å². The van der Waals surface area contributed by atoms with Crippen LogP contribution in [0.1, 0.15) is 39.2 Å². The molecular weight excluding hydrogens is 214 g/mol. The zero-order chi connectivity index (χ0) is 12.8. The summed E-state index contributed by atoms with van der Waals surface area (Å²) in [5, 5.41) is 3.19. The number of ether oxygens (including phenoxy) is 1. The Morgan fingerprint density at radius 1 is 1.29 bits per heavy atom. The van der Waals surface area contributed by atoms with E-state index in [1.54, 1.807) is 0 Å². The SMILES string of the molecule is CCNc1cc(C)nc(COC(C)C(C)C)n1. The fourth-order valence-corrected chi connectivity index (χ4v) is 1.36. The third-order valence-electron chi connectivity index (χ3n) is 2.67. The lowest BCUT2D eigenvalue weighted by molar-refractivity contribution is 0.0200. The second-order valence-corrected chi connectivity index (χ2v) is 4.60. The predicted molar refractivity (Wildman–Crippen MR) is 70.0 cm³/mol. The van der Waals surface area contributed by atoms with Gasteiger partial charge in [-0.2, -0.15) is 0 Å². The molecule has 0 radical (unpaired) electrons. The standard InChI is InChI=1S/C13H23N3O/c1-6-14-12-7-10(4)15-13(16-12)8-17-11(5)9(2)3/h7,9,11H,6,8H2,1-5H3,(H,14,15,16). The molecule has 0 fully saturated rings. The van der Waals surface area contributed by atoms with Crippen LogP contribution in [0.4, 0.5) is 5.82 Å². The summed E-state index contributed by atoms with van der Waals surface area (Å²) in [5.41, 5.74) is 0.965. The molecule has 1 aromatic rings. The van der Waals surface area contributed by atoms with E-state index in [1.807, 2.05) is 13.0 Å². The first kappa shape index (κ1) is 13.9. The highest BCUT2D eigenvalue weighted by Crippen LogP contribution is 2.10. The Balaban J connectivity index is 2.64. The van der Waals surface area contributed by atoms with Gasteiger partial charge in [-0.05, 0) is 26.7 Å². The van der Waals surface area contributed by atoms with Crippen molar-refractivity contribution >= 4 is 5.82 Å². The van der Waals surface area contributed by atoms with E-state index < -0.39 is 0 Å². The summed E-state index contributed by atoms with van der Waals surface area (Å²) in [7, 11) is 0. The lowest BCUT2D eigenvalue weighted by atomic mass is 10.1. The highest BCUT2D eigenvalue weighted by molar-refractivity contribution is 5.35. The van der Waals surface area contributed by atoms with E-state index in [2.05, 4.69) is 43.0 Å². The van der Waals surface area contributed by atoms with Crippen LogP contribution in [-0.4, -0.2) is 22.6 Å². The first-order chi connectivity index (χ1) is 8.02. The topological polar surface area (TPSA) is 47.0 Å². The van der Waals surface area contributed by atoms with Gasteiger partial charge < -0.3 is 10.1 Å². The van der Waals surface area contributed by atoms with E-state index in [9.17, 15) is 0 Å². The maximum Gasteiger partial charge on any atom is 0.156 e. The molecule has 1 unspecified atom stereocenters. The average molecular weight is 237 g/mol. The molecule has 0 aliphatic rings. The van der Waals surface area contributed by atoms with Crippen molar-refractivity contribution in [2.24, 2.45) is 5.92 Å². The molecule has 0 saturated carbocycles. The highest BCUT2D eigenvalue weighted by atomic mass is 16.5. The van der Waals surface area contributed by atoms with Gasteiger partial charge in [-0.15, -0.1) is 0 Å². The minimum atomic E-state index is 0.224. The quantitative estimate of drug-likeness (QED) is 0.826. The fourth-order valence-electron chi connectivity index (χ4n) is 1.36. The Labute approximate surface area is 104 Å². The molecule has 1 heterocycles. The molecule has 4 nitrogen and oxygen atoms in total. The minimum Gasteiger partial charge on any atom is -0.370 e. The van der Waals surface area contributed by atoms with Gasteiger partial charge in [0, 0.05) is 18.3 Å². The Hall–Kier alpha value is -1.16. The fraction of sp³-hybridized carbons (Fsp3) is 0.692. The number of nitrogens with one attached hydrogen (secondary N) is 1. The van der Waals surface area contributed by atoms with E-state index in [0.717, 1.165) is 23.9 Å². The van der Waals surface area contributed by atoms with Crippen LogP contribution in [0.15, 0.2) is 6.07 Å². The van der Waals surface area contributed by atoms with Crippen molar-refractivity contribution in [3.8, 4) is 0 Å². The molecule has 1 rings (SSSR count). The first-order valence-electron chi connectivity index (χ1n) is 6.23. The largest absolute Gasteiger partial charge is 0.370 e. The number of hydrogen-bond acceptors (Lipinski definition) is 4. The number of rotatable bonds is 6. The monoisotopic (exact) mass is 237 g/mol. The third-order valence-corrected chi connectivity index (χ3v) is 2.67. The molecule has 17 heavy (non-hydrogen) atoms. The average Bonchev–Trinajstić information content (AvgIpc) is 2.25. The number of hydrogen-bond donors (Lipinski definition) is 1. The predicted octanol–water partition coefficient (Wildman–Crippen LogP) is 2.78. The van der Waals surface area contributed by atoms with Crippen LogP contribution in [0.2, 0.25) is 0 Å². The van der Waals surface area contributed by atoms with E-state index in [-0.39, 0.29) is 6.10 Å². The van der Waals surface area contributed by atoms with Gasteiger partial charge in [-0.25, -0.2) is 9.97 Å². The van der Waals surface area contributed by atoms with Crippen molar-refractivity contribution in [3.05, 3.63) is 17.6 Å². The minimum absolute atomic E-state index is 0.224. The molecule has 1 atom stereocenters. The molecular formula is C13H23N3O. The molecule has 0 bridgehead atoms. The van der Waals surface area contributed by atoms with Crippen LogP contribution in [0.25, 0.3) is 0 Å². The third kappa shape index (κ3) is 4.69. The lowest BCUT2D eigenvalue weighted by Gasteiger charge is -2.16. The van der Waals surface area contributed by atoms with Crippen molar-refractivity contribution in [3.63, 3.8) is 0 Å². The molecule has 1 aromatic heterocycles. The summed E-state index contributed by atoms with van der Waals surface area (Å²) in [6, 6.07) is 1.94. The Bertz CT molecular complexity index is 353. The summed E-state index contributed by atoms with van der Waals surface area (Å²) in [4.78, 5) is 8.78. The molecule has 0 saturated heterocycles. The van der Waals surface area contributed by atoms with Crippen LogP contribution < -0.4 is 5.32 Å². The normalized spacial score (nSPS) is 12.8. The number of anilines is 1. The van der Waals surface area contributed by atoms with Crippen molar-refractivity contribution in [1.82, 2.24) is 9.97 Å². The molecule has 0 amide bonds. The molecule has 4 heteroatoms. The molecule has 96 valence electrons. The smallest absolute Gasteiger partial charge is 0.156 e. The number of nitrogens with zero attached hydrogens (tertiary/aromatic N) is 2. The molecule has 0 aliphatic heterocycles. The van der Waals surface area contributed by atoms with E-state index >= 15 is 0 Å². The van der Waals surface area contributed by atoms with Crippen molar-refractivity contribution < 1.29 is 4.74 Å². The van der Waals surface area contributed by atoms with Crippen molar-refractivity contribution in [2.45, 2.75) is 47.3 Å². The van der Waals surface area contributed by atoms with Gasteiger partial charge in [0.05, 0.1) is 6.10 Å². The van der Waals surface area contributed by atoms with E-state index in [4.69, 9.17) is 4.74 Å². The number of aryl methyl sites for hydroxylation is 1. The van der Waals surface area contributed by atoms with Gasteiger partial charge in [0.2, 0.25) is 0 Å². The first-order valence-corrected chi connectivity index (χ1v) is 6.23. The number of aromatic nitrogens is 2. The molecule has 1 N–H and O–H groups in total. The highest BCUT2D eigenvalue weighted by Gasteiger charge is 2.09. The second-order valence-electron chi connectivity index (χ2n) is 4.60. The van der Waals surface area contributed by atoms with Gasteiger partial charge in [0.1, 0.15) is 12.4 Å². The Morgan fingerprint density at radius 2 is 2.00 bits per heavy atom. The summed E-state index contributed by atoms with van der Waals surface area (Å²) in [6.45, 7) is 11.7. The van der Waals surface area contributed by atoms with Crippen LogP contribution >= 0.6 is 0 Å². The van der Waals surface area contributed by atoms with Crippen molar-refractivity contribution in [2.75, 3.05) is 11.9 Å². The van der Waals surface area contributed by atoms with Crippen LogP contribution in [0.3, 0.4) is 0 Å². The van der Waals surface area contributed by atoms with E-state index in [0.29, 0.717) is 12.5 Å². The van der Waals surface area contributed by atoms with Gasteiger partial charge in [-0.1, -0.05) is 13.8 Å². The van der Waals surface area contributed by atoms with E-state index in [1.165, 1.54) is 0 Å². The summed E-state index contributed by atoms with van der Waals surface area (Å²) < 4.78 is 5.72. The van der Waals surface area contributed by atoms with Crippen molar-refractivity contribution in [1.29, 1.82) is 0 Å². The summed E-state index contributed by atoms with van der Waals surface area (Å²) >= 11 is 0. The van der Waals surface area contributed by atoms with Gasteiger partial charge in [0.25, 0.3) is 0 Å². The van der Waals surface area contributed by atoms with Gasteiger partial charge in [0.15, 0.2) is 5.82 Å². The Kier molecular flexibility index (Phi) is 5.35. The lowest BCUT2D eigenvalue weighted by Crippen LogP contribution is -2.16. The second kappa shape index (κ2) is 6.55. The van der Waals surface area contributed by atoms with Crippen LogP contribution in [0.5, 0.6) is 0 Å².